The summed E-state index contributed by atoms with van der Waals surface area (Å²) < 4.78 is 41.2. The Morgan fingerprint density at radius 3 is 2.42 bits per heavy atom. The first kappa shape index (κ1) is 20.2. The Bertz CT molecular complexity index is 682. The minimum Gasteiger partial charge on any atom is -0.480 e. The lowest BCUT2D eigenvalue weighted by Crippen LogP contribution is -2.57. The van der Waals surface area contributed by atoms with Gasteiger partial charge in [-0.15, -0.1) is 0 Å². The molecule has 1 unspecified atom stereocenters. The summed E-state index contributed by atoms with van der Waals surface area (Å²) in [6, 6.07) is 6.27. The Kier molecular flexibility index (Phi) is 6.29. The molecule has 0 aliphatic heterocycles. The number of alkyl halides is 3. The monoisotopic (exact) mass is 367 g/mol. The van der Waals surface area contributed by atoms with Gasteiger partial charge in [0.15, 0.2) is 0 Å². The van der Waals surface area contributed by atoms with Gasteiger partial charge in [0.05, 0.1) is 0 Å². The topological polar surface area (TPSA) is 49.3 Å². The number of carboxylic acids is 1. The van der Waals surface area contributed by atoms with Gasteiger partial charge >= 0.3 is 12.1 Å². The quantitative estimate of drug-likeness (QED) is 0.727. The molecule has 26 heavy (non-hydrogen) atoms. The molecular formula is C20H24F3NO2. The van der Waals surface area contributed by atoms with Gasteiger partial charge < -0.3 is 5.11 Å². The smallest absolute Gasteiger partial charge is 0.404 e. The highest BCUT2D eigenvalue weighted by Crippen LogP contribution is 2.42. The standard InChI is InChI=1S/C20H24F3NO2/c1-3-7-16(17(25)26)24-18(20(21,22)23)19(2)12-10-15(11-13-19)14-8-5-4-6-9-14/h4-6,8-12,16,18,24H,3,7,13H2,1-2H3,(H,25,26)/t16-,18-,19?/m0/s1. The highest BCUT2D eigenvalue weighted by atomic mass is 19.4. The van der Waals surface area contributed by atoms with Crippen LogP contribution in [0.1, 0.15) is 38.7 Å². The van der Waals surface area contributed by atoms with Gasteiger partial charge in [-0.1, -0.05) is 68.8 Å². The van der Waals surface area contributed by atoms with Crippen LogP contribution in [0.2, 0.25) is 0 Å². The molecule has 1 aromatic carbocycles. The molecule has 1 aliphatic carbocycles. The van der Waals surface area contributed by atoms with Crippen LogP contribution in [0.25, 0.3) is 5.57 Å². The Balaban J connectivity index is 2.25. The number of aliphatic carboxylic acids is 1. The number of rotatable bonds is 7. The molecule has 3 atom stereocenters. The summed E-state index contributed by atoms with van der Waals surface area (Å²) in [4.78, 5) is 11.3. The van der Waals surface area contributed by atoms with Crippen LogP contribution in [-0.4, -0.2) is 29.3 Å². The number of allylic oxidation sites excluding steroid dienone is 3. The number of carboxylic acid groups (broad SMARTS) is 1. The van der Waals surface area contributed by atoms with Gasteiger partial charge in [0.2, 0.25) is 0 Å². The molecule has 2 rings (SSSR count). The molecule has 142 valence electrons. The van der Waals surface area contributed by atoms with Crippen LogP contribution in [0.4, 0.5) is 13.2 Å². The predicted molar refractivity (Wildman–Crippen MR) is 95.6 cm³/mol. The molecule has 0 aromatic heterocycles. The molecule has 0 amide bonds. The highest BCUT2D eigenvalue weighted by Gasteiger charge is 2.51. The van der Waals surface area contributed by atoms with E-state index in [-0.39, 0.29) is 12.8 Å². The van der Waals surface area contributed by atoms with Crippen molar-refractivity contribution < 1.29 is 23.1 Å². The number of nitrogens with one attached hydrogen (secondary N) is 1. The van der Waals surface area contributed by atoms with Crippen molar-refractivity contribution in [3.05, 3.63) is 54.1 Å². The lowest BCUT2D eigenvalue weighted by atomic mass is 9.74. The average molecular weight is 367 g/mol. The number of hydrogen-bond acceptors (Lipinski definition) is 2. The lowest BCUT2D eigenvalue weighted by Gasteiger charge is -2.39. The van der Waals surface area contributed by atoms with Crippen molar-refractivity contribution in [2.75, 3.05) is 0 Å². The van der Waals surface area contributed by atoms with Gasteiger partial charge in [0.1, 0.15) is 12.1 Å². The number of carbonyl (C=O) groups is 1. The largest absolute Gasteiger partial charge is 0.480 e. The van der Waals surface area contributed by atoms with Gasteiger partial charge in [0, 0.05) is 5.41 Å². The first-order valence-corrected chi connectivity index (χ1v) is 8.68. The first-order valence-electron chi connectivity index (χ1n) is 8.68. The summed E-state index contributed by atoms with van der Waals surface area (Å²) in [6.07, 6.45) is 1.26. The summed E-state index contributed by atoms with van der Waals surface area (Å²) in [6.45, 7) is 3.26. The van der Waals surface area contributed by atoms with E-state index in [1.54, 1.807) is 25.2 Å². The minimum atomic E-state index is -4.56. The average Bonchev–Trinajstić information content (AvgIpc) is 2.58. The van der Waals surface area contributed by atoms with E-state index < -0.39 is 29.6 Å². The van der Waals surface area contributed by atoms with Crippen molar-refractivity contribution in [1.82, 2.24) is 5.32 Å². The number of benzene rings is 1. The molecule has 2 N–H and O–H groups in total. The molecular weight excluding hydrogens is 343 g/mol. The van der Waals surface area contributed by atoms with Crippen molar-refractivity contribution in [2.45, 2.75) is 51.4 Å². The van der Waals surface area contributed by atoms with Crippen LogP contribution in [0, 0.1) is 5.41 Å². The van der Waals surface area contributed by atoms with E-state index in [0.717, 1.165) is 11.1 Å². The second-order valence-electron chi connectivity index (χ2n) is 6.89. The van der Waals surface area contributed by atoms with Crippen molar-refractivity contribution in [1.29, 1.82) is 0 Å². The second kappa shape index (κ2) is 8.08. The zero-order chi connectivity index (χ0) is 19.4. The molecule has 6 heteroatoms. The van der Waals surface area contributed by atoms with Crippen molar-refractivity contribution in [3.8, 4) is 0 Å². The fraction of sp³-hybridized carbons (Fsp3) is 0.450. The maximum atomic E-state index is 13.7. The Morgan fingerprint density at radius 2 is 1.96 bits per heavy atom. The molecule has 0 heterocycles. The van der Waals surface area contributed by atoms with Crippen LogP contribution in [0.3, 0.4) is 0 Å². The molecule has 0 fully saturated rings. The van der Waals surface area contributed by atoms with Gasteiger partial charge in [-0.3, -0.25) is 10.1 Å². The maximum Gasteiger partial charge on any atom is 0.404 e. The maximum absolute atomic E-state index is 13.7. The molecule has 1 aliphatic rings. The molecule has 0 saturated heterocycles. The fourth-order valence-corrected chi connectivity index (χ4v) is 3.23. The number of hydrogen-bond donors (Lipinski definition) is 2. The Hall–Kier alpha value is -2.08. The Morgan fingerprint density at radius 1 is 1.31 bits per heavy atom. The Labute approximate surface area is 151 Å². The van der Waals surface area contributed by atoms with E-state index in [4.69, 9.17) is 0 Å². The van der Waals surface area contributed by atoms with Crippen LogP contribution in [0.15, 0.2) is 48.6 Å². The highest BCUT2D eigenvalue weighted by molar-refractivity contribution is 5.75. The van der Waals surface area contributed by atoms with Gasteiger partial charge in [-0.25, -0.2) is 0 Å². The molecule has 0 bridgehead atoms. The summed E-state index contributed by atoms with van der Waals surface area (Å²) in [5.41, 5.74) is 0.557. The van der Waals surface area contributed by atoms with Crippen LogP contribution in [0.5, 0.6) is 0 Å². The van der Waals surface area contributed by atoms with Crippen LogP contribution in [-0.2, 0) is 4.79 Å². The van der Waals surface area contributed by atoms with Crippen molar-refractivity contribution in [2.24, 2.45) is 5.41 Å². The van der Waals surface area contributed by atoms with E-state index >= 15 is 0 Å². The van der Waals surface area contributed by atoms with Crippen molar-refractivity contribution >= 4 is 11.5 Å². The molecule has 1 aromatic rings. The van der Waals surface area contributed by atoms with Crippen LogP contribution >= 0.6 is 0 Å². The molecule has 0 radical (unpaired) electrons. The van der Waals surface area contributed by atoms with E-state index in [2.05, 4.69) is 5.32 Å². The summed E-state index contributed by atoms with van der Waals surface area (Å²) in [5.74, 6) is -1.26. The molecule has 3 nitrogen and oxygen atoms in total. The number of halogens is 3. The predicted octanol–water partition coefficient (Wildman–Crippen LogP) is 4.81. The zero-order valence-electron chi connectivity index (χ0n) is 14.9. The van der Waals surface area contributed by atoms with E-state index in [1.807, 2.05) is 30.3 Å². The summed E-state index contributed by atoms with van der Waals surface area (Å²) in [7, 11) is 0. The van der Waals surface area contributed by atoms with E-state index in [0.29, 0.717) is 6.42 Å². The molecule has 0 spiro atoms. The normalized spacial score (nSPS) is 22.6. The summed E-state index contributed by atoms with van der Waals surface area (Å²) in [5, 5.41) is 11.6. The SMILES string of the molecule is CCC[C@H](N[C@H](C(F)(F)F)C1(C)C=CC(c2ccccc2)=CC1)C(=O)O. The minimum absolute atomic E-state index is 0.146. The van der Waals surface area contributed by atoms with E-state index in [1.165, 1.54) is 6.92 Å². The van der Waals surface area contributed by atoms with Crippen molar-refractivity contribution in [3.63, 3.8) is 0 Å². The molecule has 0 saturated carbocycles. The fourth-order valence-electron chi connectivity index (χ4n) is 3.23. The summed E-state index contributed by atoms with van der Waals surface area (Å²) >= 11 is 0. The third-order valence-corrected chi connectivity index (χ3v) is 4.74. The second-order valence-corrected chi connectivity index (χ2v) is 6.89. The first-order chi connectivity index (χ1) is 12.2. The third kappa shape index (κ3) is 4.75. The van der Waals surface area contributed by atoms with Crippen LogP contribution < -0.4 is 5.32 Å². The van der Waals surface area contributed by atoms with Gasteiger partial charge in [-0.2, -0.15) is 13.2 Å². The van der Waals surface area contributed by atoms with Gasteiger partial charge in [-0.05, 0) is 24.0 Å². The zero-order valence-corrected chi connectivity index (χ0v) is 14.9. The van der Waals surface area contributed by atoms with Gasteiger partial charge in [0.25, 0.3) is 0 Å². The van der Waals surface area contributed by atoms with E-state index in [9.17, 15) is 23.1 Å². The lowest BCUT2D eigenvalue weighted by molar-refractivity contribution is -0.179. The third-order valence-electron chi connectivity index (χ3n) is 4.74.